The number of benzene rings is 2. The van der Waals surface area contributed by atoms with E-state index in [9.17, 15) is 9.59 Å². The Balaban J connectivity index is 1.66. The van der Waals surface area contributed by atoms with Crippen LogP contribution in [0.25, 0.3) is 22.2 Å². The van der Waals surface area contributed by atoms with Gasteiger partial charge in [-0.05, 0) is 32.0 Å². The fraction of sp³-hybridized carbons (Fsp3) is 0.292. The predicted octanol–water partition coefficient (Wildman–Crippen LogP) is 4.12. The zero-order valence-corrected chi connectivity index (χ0v) is 17.3. The third kappa shape index (κ3) is 3.99. The summed E-state index contributed by atoms with van der Waals surface area (Å²) in [4.78, 5) is 33.7. The maximum atomic E-state index is 13.5. The van der Waals surface area contributed by atoms with E-state index in [2.05, 4.69) is 0 Å². The van der Waals surface area contributed by atoms with Crippen molar-refractivity contribution in [3.8, 4) is 11.3 Å². The van der Waals surface area contributed by atoms with Crippen LogP contribution >= 0.6 is 0 Å². The number of hydrogen-bond acceptors (Lipinski definition) is 4. The van der Waals surface area contributed by atoms with Gasteiger partial charge in [0.05, 0.1) is 23.4 Å². The molecule has 154 valence electrons. The molecule has 0 unspecified atom stereocenters. The molecule has 2 amide bonds. The van der Waals surface area contributed by atoms with Crippen LogP contribution in [-0.4, -0.2) is 59.6 Å². The van der Waals surface area contributed by atoms with E-state index in [0.717, 1.165) is 27.7 Å². The molecule has 1 aromatic heterocycles. The zero-order valence-electron chi connectivity index (χ0n) is 17.3. The summed E-state index contributed by atoms with van der Waals surface area (Å²) < 4.78 is 5.07. The Morgan fingerprint density at radius 3 is 2.37 bits per heavy atom. The summed E-state index contributed by atoms with van der Waals surface area (Å²) in [6.07, 6.45) is -0.319. The van der Waals surface area contributed by atoms with Crippen LogP contribution in [0.5, 0.6) is 0 Å². The van der Waals surface area contributed by atoms with Crippen LogP contribution in [0.1, 0.15) is 22.8 Å². The standard InChI is InChI=1S/C24H25N3O3/c1-3-30-24(29)27-13-11-26(12-14-27)23(28)20-16-22(18-7-5-4-6-8-18)25-21-10-9-17(2)15-19(20)21/h4-10,15-16H,3,11-14H2,1-2H3. The summed E-state index contributed by atoms with van der Waals surface area (Å²) in [6.45, 7) is 6.05. The SMILES string of the molecule is CCOC(=O)N1CCN(C(=O)c2cc(-c3ccccc3)nc3ccc(C)cc23)CC1. The smallest absolute Gasteiger partial charge is 0.409 e. The van der Waals surface area contributed by atoms with Gasteiger partial charge in [-0.1, -0.05) is 42.0 Å². The first-order chi connectivity index (χ1) is 14.6. The number of aromatic nitrogens is 1. The Morgan fingerprint density at radius 2 is 1.67 bits per heavy atom. The number of carbonyl (C=O) groups is 2. The minimum Gasteiger partial charge on any atom is -0.450 e. The average molecular weight is 403 g/mol. The van der Waals surface area contributed by atoms with E-state index in [-0.39, 0.29) is 12.0 Å². The number of nitrogens with zero attached hydrogens (tertiary/aromatic N) is 3. The molecule has 0 spiro atoms. The highest BCUT2D eigenvalue weighted by Gasteiger charge is 2.27. The zero-order chi connectivity index (χ0) is 21.1. The van der Waals surface area contributed by atoms with E-state index in [1.807, 2.05) is 66.4 Å². The maximum Gasteiger partial charge on any atom is 0.409 e. The quantitative estimate of drug-likeness (QED) is 0.660. The second-order valence-electron chi connectivity index (χ2n) is 7.42. The molecule has 0 aliphatic carbocycles. The number of carbonyl (C=O) groups excluding carboxylic acids is 2. The Bertz CT molecular complexity index is 1070. The Kier molecular flexibility index (Phi) is 5.65. The van der Waals surface area contributed by atoms with Crippen LogP contribution < -0.4 is 0 Å². The number of ether oxygens (including phenoxy) is 1. The number of fused-ring (bicyclic) bond motifs is 1. The van der Waals surface area contributed by atoms with Gasteiger partial charge in [0, 0.05) is 37.1 Å². The summed E-state index contributed by atoms with van der Waals surface area (Å²) >= 11 is 0. The highest BCUT2D eigenvalue weighted by atomic mass is 16.6. The summed E-state index contributed by atoms with van der Waals surface area (Å²) in [5, 5.41) is 0.854. The van der Waals surface area contributed by atoms with Crippen LogP contribution in [0.15, 0.2) is 54.6 Å². The monoisotopic (exact) mass is 403 g/mol. The molecular formula is C24H25N3O3. The van der Waals surface area contributed by atoms with Crippen LogP contribution in [0.3, 0.4) is 0 Å². The number of amides is 2. The molecule has 0 saturated carbocycles. The van der Waals surface area contributed by atoms with E-state index in [1.54, 1.807) is 11.8 Å². The topological polar surface area (TPSA) is 62.7 Å². The van der Waals surface area contributed by atoms with E-state index in [4.69, 9.17) is 9.72 Å². The van der Waals surface area contributed by atoms with Gasteiger partial charge in [0.2, 0.25) is 0 Å². The van der Waals surface area contributed by atoms with Crippen molar-refractivity contribution in [3.05, 3.63) is 65.7 Å². The maximum absolute atomic E-state index is 13.5. The van der Waals surface area contributed by atoms with Crippen molar-refractivity contribution in [3.63, 3.8) is 0 Å². The molecule has 0 N–H and O–H groups in total. The predicted molar refractivity (Wildman–Crippen MR) is 116 cm³/mol. The molecule has 3 aromatic rings. The van der Waals surface area contributed by atoms with E-state index < -0.39 is 0 Å². The molecule has 0 bridgehead atoms. The van der Waals surface area contributed by atoms with E-state index >= 15 is 0 Å². The molecule has 1 aliphatic heterocycles. The number of pyridine rings is 1. The molecule has 4 rings (SSSR count). The third-order valence-electron chi connectivity index (χ3n) is 5.36. The molecule has 6 nitrogen and oxygen atoms in total. The van der Waals surface area contributed by atoms with Crippen molar-refractivity contribution in [1.82, 2.24) is 14.8 Å². The van der Waals surface area contributed by atoms with Gasteiger partial charge in [-0.25, -0.2) is 9.78 Å². The third-order valence-corrected chi connectivity index (χ3v) is 5.36. The summed E-state index contributed by atoms with van der Waals surface area (Å²) in [5.41, 5.74) is 4.28. The minimum absolute atomic E-state index is 0.0336. The Hall–Kier alpha value is -3.41. The Labute approximate surface area is 176 Å². The second kappa shape index (κ2) is 8.53. The van der Waals surface area contributed by atoms with Gasteiger partial charge in [0.1, 0.15) is 0 Å². The molecule has 6 heteroatoms. The van der Waals surface area contributed by atoms with E-state index in [0.29, 0.717) is 38.3 Å². The molecule has 0 atom stereocenters. The lowest BCUT2D eigenvalue weighted by Crippen LogP contribution is -2.50. The number of aryl methyl sites for hydroxylation is 1. The average Bonchev–Trinajstić information content (AvgIpc) is 2.79. The van der Waals surface area contributed by atoms with Crippen LogP contribution in [0, 0.1) is 6.92 Å². The lowest BCUT2D eigenvalue weighted by Gasteiger charge is -2.34. The molecule has 1 aliphatic rings. The van der Waals surface area contributed by atoms with Crippen molar-refractivity contribution in [2.45, 2.75) is 13.8 Å². The first-order valence-electron chi connectivity index (χ1n) is 10.2. The van der Waals surface area contributed by atoms with Gasteiger partial charge in [-0.15, -0.1) is 0 Å². The first kappa shape index (κ1) is 19.9. The van der Waals surface area contributed by atoms with Gasteiger partial charge in [0.15, 0.2) is 0 Å². The van der Waals surface area contributed by atoms with Crippen LogP contribution in [0.2, 0.25) is 0 Å². The summed E-state index contributed by atoms with van der Waals surface area (Å²) in [5.74, 6) is -0.0336. The minimum atomic E-state index is -0.319. The number of hydrogen-bond donors (Lipinski definition) is 0. The van der Waals surface area contributed by atoms with Crippen molar-refractivity contribution in [2.75, 3.05) is 32.8 Å². The Morgan fingerprint density at radius 1 is 0.967 bits per heavy atom. The molecule has 30 heavy (non-hydrogen) atoms. The molecule has 0 radical (unpaired) electrons. The van der Waals surface area contributed by atoms with Crippen LogP contribution in [-0.2, 0) is 4.74 Å². The van der Waals surface area contributed by atoms with Gasteiger partial charge in [-0.3, -0.25) is 4.79 Å². The first-order valence-corrected chi connectivity index (χ1v) is 10.2. The number of rotatable bonds is 3. The van der Waals surface area contributed by atoms with Gasteiger partial charge >= 0.3 is 6.09 Å². The van der Waals surface area contributed by atoms with E-state index in [1.165, 1.54) is 0 Å². The molecule has 1 fully saturated rings. The lowest BCUT2D eigenvalue weighted by molar-refractivity contribution is 0.0572. The van der Waals surface area contributed by atoms with Gasteiger partial charge in [0.25, 0.3) is 5.91 Å². The van der Waals surface area contributed by atoms with Crippen molar-refractivity contribution in [2.24, 2.45) is 0 Å². The van der Waals surface area contributed by atoms with Gasteiger partial charge < -0.3 is 14.5 Å². The summed E-state index contributed by atoms with van der Waals surface area (Å²) in [6, 6.07) is 17.8. The number of piperazine rings is 1. The highest BCUT2D eigenvalue weighted by molar-refractivity contribution is 6.07. The molecule has 2 heterocycles. The highest BCUT2D eigenvalue weighted by Crippen LogP contribution is 2.27. The lowest BCUT2D eigenvalue weighted by atomic mass is 10.0. The van der Waals surface area contributed by atoms with Crippen LogP contribution in [0.4, 0.5) is 4.79 Å². The molecule has 1 saturated heterocycles. The van der Waals surface area contributed by atoms with Gasteiger partial charge in [-0.2, -0.15) is 0 Å². The fourth-order valence-corrected chi connectivity index (χ4v) is 3.75. The fourth-order valence-electron chi connectivity index (χ4n) is 3.75. The normalized spacial score (nSPS) is 14.1. The summed E-state index contributed by atoms with van der Waals surface area (Å²) in [7, 11) is 0. The molecular weight excluding hydrogens is 378 g/mol. The largest absolute Gasteiger partial charge is 0.450 e. The molecule has 2 aromatic carbocycles. The van der Waals surface area contributed by atoms with Crippen molar-refractivity contribution < 1.29 is 14.3 Å². The van der Waals surface area contributed by atoms with Crippen molar-refractivity contribution >= 4 is 22.9 Å². The van der Waals surface area contributed by atoms with Crippen molar-refractivity contribution in [1.29, 1.82) is 0 Å². The second-order valence-corrected chi connectivity index (χ2v) is 7.42.